The molecule has 0 amide bonds. The van der Waals surface area contributed by atoms with E-state index in [4.69, 9.17) is 9.47 Å². The zero-order chi connectivity index (χ0) is 26.0. The minimum Gasteiger partial charge on any atom is -0.497 e. The summed E-state index contributed by atoms with van der Waals surface area (Å²) in [6.45, 7) is 4.39. The van der Waals surface area contributed by atoms with Gasteiger partial charge in [-0.2, -0.15) is 0 Å². The molecule has 0 radical (unpaired) electrons. The summed E-state index contributed by atoms with van der Waals surface area (Å²) in [6.07, 6.45) is 0. The van der Waals surface area contributed by atoms with Crippen LogP contribution in [0.2, 0.25) is 0 Å². The van der Waals surface area contributed by atoms with Crippen molar-refractivity contribution in [1.29, 1.82) is 0 Å². The number of rotatable bonds is 4. The Balaban J connectivity index is 1.70. The molecule has 0 unspecified atom stereocenters. The molecule has 0 spiro atoms. The van der Waals surface area contributed by atoms with Crippen LogP contribution < -0.4 is 9.47 Å². The number of hydrogen-bond donors (Lipinski definition) is 0. The van der Waals surface area contributed by atoms with Crippen LogP contribution in [-0.2, 0) is 0 Å². The van der Waals surface area contributed by atoms with Gasteiger partial charge in [0.2, 0.25) is 0 Å². The fraction of sp³-hybridized carbons (Fsp3) is 0.111. The highest BCUT2D eigenvalue weighted by atomic mass is 16.5. The van der Waals surface area contributed by atoms with Crippen molar-refractivity contribution in [1.82, 2.24) is 0 Å². The van der Waals surface area contributed by atoms with Gasteiger partial charge in [0.25, 0.3) is 0 Å². The van der Waals surface area contributed by atoms with Gasteiger partial charge in [-0.15, -0.1) is 0 Å². The van der Waals surface area contributed by atoms with Crippen LogP contribution in [-0.4, -0.2) is 14.2 Å². The minimum absolute atomic E-state index is 0.862. The first-order chi connectivity index (χ1) is 18.6. The van der Waals surface area contributed by atoms with Gasteiger partial charge < -0.3 is 9.47 Å². The molecule has 0 heterocycles. The Morgan fingerprint density at radius 1 is 0.474 bits per heavy atom. The number of benzene rings is 6. The first-order valence-corrected chi connectivity index (χ1v) is 13.0. The molecule has 2 nitrogen and oxygen atoms in total. The molecule has 0 aliphatic heterocycles. The summed E-state index contributed by atoms with van der Waals surface area (Å²) in [5, 5.41) is 5.19. The SMILES string of the molecule is COc1ccc(-c2c3c(c(-c4ccc(OC)cc4)c4cc(C)ccc24)-c2cccc4c(C)ccc-3c24)cc1. The van der Waals surface area contributed by atoms with Gasteiger partial charge in [0.05, 0.1) is 14.2 Å². The summed E-state index contributed by atoms with van der Waals surface area (Å²) in [4.78, 5) is 0. The molecule has 0 fully saturated rings. The fourth-order valence-corrected chi connectivity index (χ4v) is 6.23. The van der Waals surface area contributed by atoms with E-state index in [1.54, 1.807) is 14.2 Å². The fourth-order valence-electron chi connectivity index (χ4n) is 6.23. The van der Waals surface area contributed by atoms with Gasteiger partial charge in [-0.3, -0.25) is 0 Å². The van der Waals surface area contributed by atoms with Crippen molar-refractivity contribution in [3.8, 4) is 56.0 Å². The van der Waals surface area contributed by atoms with Crippen LogP contribution in [0.25, 0.3) is 66.1 Å². The molecule has 7 rings (SSSR count). The molecule has 1 aliphatic carbocycles. The zero-order valence-electron chi connectivity index (χ0n) is 22.1. The van der Waals surface area contributed by atoms with E-state index in [0.29, 0.717) is 0 Å². The Morgan fingerprint density at radius 2 is 1.05 bits per heavy atom. The second kappa shape index (κ2) is 8.49. The molecule has 0 bridgehead atoms. The molecule has 184 valence electrons. The maximum atomic E-state index is 5.50. The number of methoxy groups -OCH3 is 2. The van der Waals surface area contributed by atoms with Gasteiger partial charge in [-0.25, -0.2) is 0 Å². The molecule has 0 aromatic heterocycles. The highest BCUT2D eigenvalue weighted by molar-refractivity contribution is 6.27. The van der Waals surface area contributed by atoms with E-state index in [1.807, 2.05) is 0 Å². The predicted molar refractivity (Wildman–Crippen MR) is 159 cm³/mol. The maximum Gasteiger partial charge on any atom is 0.118 e. The van der Waals surface area contributed by atoms with Crippen molar-refractivity contribution in [3.05, 3.63) is 108 Å². The molecule has 6 aromatic carbocycles. The predicted octanol–water partition coefficient (Wildman–Crippen LogP) is 9.61. The van der Waals surface area contributed by atoms with Crippen molar-refractivity contribution in [2.24, 2.45) is 0 Å². The standard InChI is InChI=1S/C36H28O2/c1-21-8-18-28-31(20-21)33(24-12-16-26(38-4)17-13-24)35-29-7-5-6-27-22(2)9-19-30(34(27)29)36(35)32(28)23-10-14-25(37-3)15-11-23/h5-20H,1-4H3. The molecular weight excluding hydrogens is 464 g/mol. The Morgan fingerprint density at radius 3 is 1.66 bits per heavy atom. The van der Waals surface area contributed by atoms with E-state index in [2.05, 4.69) is 111 Å². The molecular formula is C36H28O2. The largest absolute Gasteiger partial charge is 0.497 e. The first kappa shape index (κ1) is 22.6. The summed E-state index contributed by atoms with van der Waals surface area (Å²) < 4.78 is 11.0. The third-order valence-corrected chi connectivity index (χ3v) is 8.02. The lowest BCUT2D eigenvalue weighted by Crippen LogP contribution is -1.94. The van der Waals surface area contributed by atoms with Crippen LogP contribution in [0.5, 0.6) is 11.5 Å². The summed E-state index contributed by atoms with van der Waals surface area (Å²) >= 11 is 0. The average molecular weight is 493 g/mol. The third kappa shape index (κ3) is 3.20. The van der Waals surface area contributed by atoms with E-state index in [-0.39, 0.29) is 0 Å². The zero-order valence-corrected chi connectivity index (χ0v) is 22.1. The Labute approximate surface area is 223 Å². The van der Waals surface area contributed by atoms with Crippen LogP contribution in [0.4, 0.5) is 0 Å². The summed E-state index contributed by atoms with van der Waals surface area (Å²) in [5.41, 5.74) is 12.7. The maximum absolute atomic E-state index is 5.50. The number of aryl methyl sites for hydroxylation is 2. The molecule has 0 saturated heterocycles. The molecule has 6 aromatic rings. The van der Waals surface area contributed by atoms with Crippen molar-refractivity contribution >= 4 is 21.5 Å². The van der Waals surface area contributed by atoms with Gasteiger partial charge >= 0.3 is 0 Å². The normalized spacial score (nSPS) is 11.7. The van der Waals surface area contributed by atoms with Crippen LogP contribution in [0.3, 0.4) is 0 Å². The van der Waals surface area contributed by atoms with Gasteiger partial charge in [0.1, 0.15) is 11.5 Å². The Hall–Kier alpha value is -4.56. The van der Waals surface area contributed by atoms with Crippen molar-refractivity contribution < 1.29 is 9.47 Å². The van der Waals surface area contributed by atoms with Gasteiger partial charge in [-0.05, 0) is 110 Å². The minimum atomic E-state index is 0.862. The molecule has 2 heteroatoms. The molecule has 0 saturated carbocycles. The Kier molecular flexibility index (Phi) is 5.06. The molecule has 1 aliphatic rings. The lowest BCUT2D eigenvalue weighted by molar-refractivity contribution is 0.415. The summed E-state index contributed by atoms with van der Waals surface area (Å²) in [7, 11) is 3.43. The van der Waals surface area contributed by atoms with Gasteiger partial charge in [0, 0.05) is 0 Å². The lowest BCUT2D eigenvalue weighted by Gasteiger charge is -2.21. The second-order valence-electron chi connectivity index (χ2n) is 10.2. The third-order valence-electron chi connectivity index (χ3n) is 8.02. The average Bonchev–Trinajstić information content (AvgIpc) is 3.28. The molecule has 0 atom stereocenters. The first-order valence-electron chi connectivity index (χ1n) is 13.0. The van der Waals surface area contributed by atoms with E-state index < -0.39 is 0 Å². The van der Waals surface area contributed by atoms with Gasteiger partial charge in [-0.1, -0.05) is 78.4 Å². The van der Waals surface area contributed by atoms with E-state index in [1.165, 1.54) is 77.2 Å². The molecule has 0 N–H and O–H groups in total. The highest BCUT2D eigenvalue weighted by Crippen LogP contribution is 2.58. The molecule has 38 heavy (non-hydrogen) atoms. The second-order valence-corrected chi connectivity index (χ2v) is 10.2. The van der Waals surface area contributed by atoms with Gasteiger partial charge in [0.15, 0.2) is 0 Å². The Bertz CT molecular complexity index is 1880. The quantitative estimate of drug-likeness (QED) is 0.243. The lowest BCUT2D eigenvalue weighted by atomic mass is 9.82. The van der Waals surface area contributed by atoms with E-state index in [9.17, 15) is 0 Å². The number of fused-ring (bicyclic) bond motifs is 4. The van der Waals surface area contributed by atoms with Crippen LogP contribution in [0.15, 0.2) is 97.1 Å². The smallest absolute Gasteiger partial charge is 0.118 e. The van der Waals surface area contributed by atoms with Crippen LogP contribution in [0, 0.1) is 13.8 Å². The monoisotopic (exact) mass is 492 g/mol. The number of ether oxygens (including phenoxy) is 2. The highest BCUT2D eigenvalue weighted by Gasteiger charge is 2.30. The van der Waals surface area contributed by atoms with Crippen LogP contribution in [0.1, 0.15) is 11.1 Å². The van der Waals surface area contributed by atoms with Crippen molar-refractivity contribution in [2.45, 2.75) is 13.8 Å². The number of hydrogen-bond acceptors (Lipinski definition) is 2. The summed E-state index contributed by atoms with van der Waals surface area (Å²) in [5.74, 6) is 1.73. The van der Waals surface area contributed by atoms with E-state index in [0.717, 1.165) is 11.5 Å². The van der Waals surface area contributed by atoms with E-state index >= 15 is 0 Å². The van der Waals surface area contributed by atoms with Crippen LogP contribution >= 0.6 is 0 Å². The van der Waals surface area contributed by atoms with Crippen molar-refractivity contribution in [2.75, 3.05) is 14.2 Å². The summed E-state index contributed by atoms with van der Waals surface area (Å²) in [6, 6.07) is 35.2. The topological polar surface area (TPSA) is 18.5 Å². The van der Waals surface area contributed by atoms with Crippen molar-refractivity contribution in [3.63, 3.8) is 0 Å².